The van der Waals surface area contributed by atoms with Crippen LogP contribution in [0.3, 0.4) is 0 Å². The first-order chi connectivity index (χ1) is 49.5. The first-order valence-corrected chi connectivity index (χ1v) is 40.3. The standard InChI is InChI=1S/2C38H49ClN2O6.C9H11Br/c1-7-23-10-12-24(13-11-23)20-41-29-16-26-15-28(39)34-27-14-22(4)38(47-33(45)9-3,31(43)21-46-32(44)8-2)37(27,6)18-30(42)35(34)36(26,5)17-25(29)19-40-41;1-7-23-10-12-24(13-11-23)19-41-20-25-17-36(5)26(16-29(25)40-41)15-28(39)34-27-14-22(4)38(47-33(45)9-3,31(43)21-46-32(44)8-2)37(27,6)18-30(42)35(34)36;1-2-8-3-5-9(7-10)6-4-8/h10-13,16,19,22,27-28,30,34-35,42H,7-9,14-15,17-18,20-21H2,1-6H3;10-13,16,20,22,27-28,30,34-35,42H,7-9,14-15,17-19,21H2,1-6H3;3-6H,2,7H2,1H3/t2*22-,27+,28-,30+,34-,35+,36+,37+,38+;/m11./s1. The highest BCUT2D eigenvalue weighted by atomic mass is 79.9. The van der Waals surface area contributed by atoms with Crippen molar-refractivity contribution in [1.82, 2.24) is 19.6 Å². The number of fused-ring (bicyclic) bond motifs is 12. The number of esters is 4. The fourth-order valence-corrected chi connectivity index (χ4v) is 22.5. The van der Waals surface area contributed by atoms with Crippen molar-refractivity contribution in [3.05, 3.63) is 152 Å². The Morgan fingerprint density at radius 3 is 1.36 bits per heavy atom. The molecule has 3 aromatic carbocycles. The van der Waals surface area contributed by atoms with Gasteiger partial charge in [0.2, 0.25) is 11.6 Å². The van der Waals surface area contributed by atoms with Crippen LogP contribution in [-0.2, 0) is 98.2 Å². The largest absolute Gasteiger partial charge is 0.457 e. The maximum absolute atomic E-state index is 14.2. The van der Waals surface area contributed by atoms with Crippen molar-refractivity contribution in [1.29, 1.82) is 0 Å². The molecule has 2 aromatic heterocycles. The summed E-state index contributed by atoms with van der Waals surface area (Å²) in [7, 11) is 0. The fraction of sp³-hybridized carbons (Fsp3) is 0.600. The second kappa shape index (κ2) is 31.5. The van der Waals surface area contributed by atoms with Crippen LogP contribution >= 0.6 is 39.1 Å². The Labute approximate surface area is 633 Å². The Kier molecular flexibility index (Phi) is 23.9. The van der Waals surface area contributed by atoms with Crippen molar-refractivity contribution >= 4 is 86.7 Å². The minimum atomic E-state index is -1.53. The summed E-state index contributed by atoms with van der Waals surface area (Å²) >= 11 is 18.2. The van der Waals surface area contributed by atoms with E-state index in [-0.39, 0.29) is 107 Å². The topological polar surface area (TPSA) is 215 Å². The van der Waals surface area contributed by atoms with Crippen LogP contribution in [0.1, 0.15) is 210 Å². The molecule has 19 heteroatoms. The quantitative estimate of drug-likeness (QED) is 0.0421. The minimum Gasteiger partial charge on any atom is -0.457 e. The Morgan fingerprint density at radius 2 is 0.942 bits per heavy atom. The molecule has 0 saturated heterocycles. The molecule has 0 spiro atoms. The Hall–Kier alpha value is -6.24. The average Bonchev–Trinajstić information content (AvgIpc) is 1.48. The van der Waals surface area contributed by atoms with Crippen LogP contribution in [0.25, 0.3) is 12.2 Å². The third kappa shape index (κ3) is 14.1. The lowest BCUT2D eigenvalue weighted by Gasteiger charge is -2.61. The van der Waals surface area contributed by atoms with Gasteiger partial charge in [-0.05, 0) is 174 Å². The molecule has 0 aliphatic heterocycles. The average molecular weight is 1530 g/mol. The van der Waals surface area contributed by atoms with Gasteiger partial charge >= 0.3 is 23.9 Å². The summed E-state index contributed by atoms with van der Waals surface area (Å²) in [6, 6.07) is 26.0. The lowest BCUT2D eigenvalue weighted by Crippen LogP contribution is -2.66. The van der Waals surface area contributed by atoms with Gasteiger partial charge in [0.15, 0.2) is 24.4 Å². The van der Waals surface area contributed by atoms with Crippen molar-refractivity contribution in [2.24, 2.45) is 69.0 Å². The Balaban J connectivity index is 0.000000183. The van der Waals surface area contributed by atoms with Gasteiger partial charge in [-0.25, -0.2) is 0 Å². The van der Waals surface area contributed by atoms with E-state index in [1.165, 1.54) is 44.5 Å². The van der Waals surface area contributed by atoms with Crippen LogP contribution in [0.15, 0.2) is 96.3 Å². The number of aliphatic hydroxyl groups is 2. The van der Waals surface area contributed by atoms with Gasteiger partial charge in [0, 0.05) is 70.6 Å². The van der Waals surface area contributed by atoms with Crippen LogP contribution in [0.4, 0.5) is 0 Å². The third-order valence-electron chi connectivity index (χ3n) is 26.3. The molecule has 16 nitrogen and oxygen atoms in total. The summed E-state index contributed by atoms with van der Waals surface area (Å²) < 4.78 is 27.1. The normalized spacial score (nSPS) is 33.1. The van der Waals surface area contributed by atoms with Crippen LogP contribution in [0.5, 0.6) is 0 Å². The highest BCUT2D eigenvalue weighted by molar-refractivity contribution is 9.08. The predicted molar refractivity (Wildman–Crippen MR) is 408 cm³/mol. The molecule has 6 saturated carbocycles. The Morgan fingerprint density at radius 1 is 0.548 bits per heavy atom. The van der Waals surface area contributed by atoms with Crippen LogP contribution in [-0.4, -0.2) is 113 Å². The third-order valence-corrected chi connectivity index (χ3v) is 27.9. The molecule has 104 heavy (non-hydrogen) atoms. The fourth-order valence-electron chi connectivity index (χ4n) is 21.1. The van der Waals surface area contributed by atoms with Gasteiger partial charge in [0.05, 0.1) is 42.9 Å². The van der Waals surface area contributed by atoms with Crippen molar-refractivity contribution in [3.8, 4) is 0 Å². The summed E-state index contributed by atoms with van der Waals surface area (Å²) in [5.41, 5.74) is 9.03. The van der Waals surface area contributed by atoms with Crippen molar-refractivity contribution < 1.29 is 57.9 Å². The van der Waals surface area contributed by atoms with Gasteiger partial charge in [-0.2, -0.15) is 10.2 Å². The van der Waals surface area contributed by atoms with Crippen LogP contribution in [0.2, 0.25) is 0 Å². The molecule has 18 atom stereocenters. The number of ether oxygens (including phenoxy) is 4. The molecule has 8 aliphatic rings. The molecule has 0 amide bonds. The number of ketones is 2. The van der Waals surface area contributed by atoms with E-state index in [1.54, 1.807) is 27.7 Å². The number of alkyl halides is 3. The number of hydrogen-bond donors (Lipinski definition) is 2. The maximum atomic E-state index is 14.2. The van der Waals surface area contributed by atoms with Gasteiger partial charge in [-0.1, -0.05) is 190 Å². The SMILES string of the molecule is CCC(=O)OCC(=O)[C@@]1(OC(=O)CC)[C@H](C)C[C@H]2[C@H]3[C@H]([C@@H](O)C[C@@]21C)[C@@]1(C)Cc2cn(Cc4ccc(CC)cc4)nc2C=C1C[C@H]3Cl.CCC(=O)OCC(=O)[C@@]1(OC(=O)CC)[C@H](C)C[C@H]2[C@H]3[C@H]([C@@H](O)C[C@@]21C)[C@@]1(C)Cc2cnn(Cc4ccc(CC)cc4)c2C=C1C[C@H]3Cl.CCc1ccc(CBr)cc1. The van der Waals surface area contributed by atoms with Crippen LogP contribution < -0.4 is 0 Å². The highest BCUT2D eigenvalue weighted by Gasteiger charge is 2.76. The van der Waals surface area contributed by atoms with Gasteiger partial charge in [0.1, 0.15) is 0 Å². The zero-order valence-corrected chi connectivity index (χ0v) is 66.3. The number of aromatic nitrogens is 4. The maximum Gasteiger partial charge on any atom is 0.306 e. The second-order valence-corrected chi connectivity index (χ2v) is 33.8. The molecule has 2 heterocycles. The molecule has 0 unspecified atom stereocenters. The van der Waals surface area contributed by atoms with E-state index < -0.39 is 82.9 Å². The molecule has 0 radical (unpaired) electrons. The number of nitrogens with zero attached hydrogens (tertiary/aromatic N) is 4. The van der Waals surface area contributed by atoms with E-state index in [1.807, 2.05) is 38.6 Å². The highest BCUT2D eigenvalue weighted by Crippen LogP contribution is 2.72. The molecule has 8 aliphatic carbocycles. The van der Waals surface area contributed by atoms with E-state index in [0.29, 0.717) is 38.8 Å². The number of carbonyl (C=O) groups is 6. The van der Waals surface area contributed by atoms with E-state index >= 15 is 0 Å². The van der Waals surface area contributed by atoms with Gasteiger partial charge in [-0.3, -0.25) is 38.1 Å². The van der Waals surface area contributed by atoms with Gasteiger partial charge < -0.3 is 29.2 Å². The number of allylic oxidation sites excluding steroid dienone is 2. The number of halogens is 3. The lowest BCUT2D eigenvalue weighted by molar-refractivity contribution is -0.207. The predicted octanol–water partition coefficient (Wildman–Crippen LogP) is 15.8. The van der Waals surface area contributed by atoms with E-state index in [4.69, 9.17) is 52.3 Å². The number of benzene rings is 3. The molecule has 13 rings (SSSR count). The zero-order valence-electron chi connectivity index (χ0n) is 63.2. The van der Waals surface area contributed by atoms with Crippen molar-refractivity contribution in [2.45, 2.75) is 239 Å². The summed E-state index contributed by atoms with van der Waals surface area (Å²) in [5.74, 6) is -4.16. The first-order valence-electron chi connectivity index (χ1n) is 38.3. The van der Waals surface area contributed by atoms with Gasteiger partial charge in [-0.15, -0.1) is 23.2 Å². The van der Waals surface area contributed by atoms with Crippen molar-refractivity contribution in [3.63, 3.8) is 0 Å². The summed E-state index contributed by atoms with van der Waals surface area (Å²) in [6.07, 6.45) is 15.2. The monoisotopic (exact) mass is 1530 g/mol. The number of rotatable bonds is 20. The van der Waals surface area contributed by atoms with E-state index in [0.717, 1.165) is 59.9 Å². The number of carbonyl (C=O) groups excluding carboxylic acids is 6. The minimum absolute atomic E-state index is 0.0857. The summed E-state index contributed by atoms with van der Waals surface area (Å²) in [5, 5.41) is 34.6. The molecular weight excluding hydrogens is 1420 g/mol. The molecule has 0 bridgehead atoms. The smallest absolute Gasteiger partial charge is 0.306 e. The number of Topliss-reactive ketones (excluding diaryl/α,β-unsaturated/α-hetero) is 2. The first kappa shape index (κ1) is 78.8. The van der Waals surface area contributed by atoms with E-state index in [9.17, 15) is 39.0 Å². The summed E-state index contributed by atoms with van der Waals surface area (Å²) in [4.78, 5) is 78.4. The van der Waals surface area contributed by atoms with Crippen molar-refractivity contribution in [2.75, 3.05) is 13.2 Å². The second-order valence-electron chi connectivity index (χ2n) is 32.1. The zero-order chi connectivity index (χ0) is 75.2. The molecule has 5 aromatic rings. The molecule has 6 fully saturated rings. The van der Waals surface area contributed by atoms with Gasteiger partial charge in [0.25, 0.3) is 0 Å². The number of aryl methyl sites for hydroxylation is 3. The number of aliphatic hydroxyl groups excluding tert-OH is 2. The summed E-state index contributed by atoms with van der Waals surface area (Å²) in [6.45, 7) is 26.0. The number of hydrogen-bond acceptors (Lipinski definition) is 14. The molecular formula is C85H109BrCl2N4O12. The Bertz CT molecular complexity index is 4030. The molecule has 562 valence electrons. The van der Waals surface area contributed by atoms with Crippen LogP contribution in [0, 0.1) is 69.0 Å². The van der Waals surface area contributed by atoms with E-state index in [2.05, 4.69) is 146 Å². The lowest BCUT2D eigenvalue weighted by atomic mass is 9.45. The molecule has 2 N–H and O–H groups in total.